The van der Waals surface area contributed by atoms with Crippen molar-refractivity contribution >= 4 is 21.6 Å². The summed E-state index contributed by atoms with van der Waals surface area (Å²) in [5.41, 5.74) is 0.207. The Morgan fingerprint density at radius 1 is 1.15 bits per heavy atom. The summed E-state index contributed by atoms with van der Waals surface area (Å²) in [7, 11) is 1.60. The lowest BCUT2D eigenvalue weighted by atomic mass is 10.0. The number of likely N-dealkylation sites (tertiary alicyclic amines) is 1. The highest BCUT2D eigenvalue weighted by molar-refractivity contribution is 7.19. The third-order valence-electron chi connectivity index (χ3n) is 6.58. The van der Waals surface area contributed by atoms with Crippen LogP contribution in [0.5, 0.6) is 11.5 Å². The fourth-order valence-corrected chi connectivity index (χ4v) is 5.53. The van der Waals surface area contributed by atoms with Crippen molar-refractivity contribution in [3.05, 3.63) is 45.8 Å². The predicted molar refractivity (Wildman–Crippen MR) is 133 cm³/mol. The average molecular weight is 480 g/mol. The Kier molecular flexibility index (Phi) is 6.59. The minimum atomic E-state index is -0.904. The van der Waals surface area contributed by atoms with Gasteiger partial charge in [0.1, 0.15) is 23.2 Å². The van der Waals surface area contributed by atoms with Crippen LogP contribution < -0.4 is 15.0 Å². The van der Waals surface area contributed by atoms with E-state index in [0.29, 0.717) is 46.9 Å². The zero-order chi connectivity index (χ0) is 23.5. The number of fused-ring (bicyclic) bond motifs is 1. The molecule has 2 aliphatic rings. The number of methoxy groups -OCH3 is 1. The van der Waals surface area contributed by atoms with Gasteiger partial charge in [-0.15, -0.1) is 11.3 Å². The molecule has 1 saturated carbocycles. The molecular weight excluding hydrogens is 450 g/mol. The van der Waals surface area contributed by atoms with Gasteiger partial charge in [0.05, 0.1) is 23.2 Å². The Bertz CT molecular complexity index is 1290. The minimum absolute atomic E-state index is 0.160. The largest absolute Gasteiger partial charge is 0.493 e. The first-order valence-electron chi connectivity index (χ1n) is 11.8. The van der Waals surface area contributed by atoms with Crippen molar-refractivity contribution < 1.29 is 14.6 Å². The van der Waals surface area contributed by atoms with Crippen LogP contribution in [0.25, 0.3) is 15.9 Å². The average Bonchev–Trinajstić information content (AvgIpc) is 3.60. The van der Waals surface area contributed by atoms with E-state index >= 15 is 0 Å². The van der Waals surface area contributed by atoms with Gasteiger partial charge in [-0.05, 0) is 69.8 Å². The van der Waals surface area contributed by atoms with Crippen LogP contribution in [0.4, 0.5) is 0 Å². The van der Waals surface area contributed by atoms with Crippen molar-refractivity contribution in [2.24, 2.45) is 0 Å². The SMILES string of the molecule is COc1cc(-n2cnc3cc(C#CC4(O)CCCC4)sc3c2=O)ccc1OCCN1CCCC1. The molecule has 178 valence electrons. The van der Waals surface area contributed by atoms with E-state index in [-0.39, 0.29) is 5.56 Å². The first kappa shape index (κ1) is 22.9. The summed E-state index contributed by atoms with van der Waals surface area (Å²) in [6, 6.07) is 7.29. The molecule has 0 atom stereocenters. The molecule has 5 rings (SSSR count). The molecular formula is C26H29N3O4S. The molecule has 2 fully saturated rings. The maximum absolute atomic E-state index is 13.2. The highest BCUT2D eigenvalue weighted by Crippen LogP contribution is 2.31. The summed E-state index contributed by atoms with van der Waals surface area (Å²) in [5, 5.41) is 10.5. The van der Waals surface area contributed by atoms with Crippen LogP contribution >= 0.6 is 11.3 Å². The van der Waals surface area contributed by atoms with Crippen LogP contribution in [0.3, 0.4) is 0 Å². The molecule has 8 heteroatoms. The van der Waals surface area contributed by atoms with Gasteiger partial charge in [0.25, 0.3) is 5.56 Å². The van der Waals surface area contributed by atoms with Crippen molar-refractivity contribution in [2.45, 2.75) is 44.1 Å². The number of aromatic nitrogens is 2. The van der Waals surface area contributed by atoms with Crippen LogP contribution in [-0.2, 0) is 0 Å². The molecule has 2 aromatic heterocycles. The first-order valence-corrected chi connectivity index (χ1v) is 12.7. The lowest BCUT2D eigenvalue weighted by molar-refractivity contribution is 0.110. The molecule has 0 amide bonds. The second-order valence-corrected chi connectivity index (χ2v) is 10.0. The summed E-state index contributed by atoms with van der Waals surface area (Å²) in [6.07, 6.45) is 7.44. The number of rotatable bonds is 6. The topological polar surface area (TPSA) is 76.8 Å². The Balaban J connectivity index is 1.37. The van der Waals surface area contributed by atoms with E-state index in [0.717, 1.165) is 37.4 Å². The zero-order valence-electron chi connectivity index (χ0n) is 19.4. The van der Waals surface area contributed by atoms with Crippen LogP contribution in [0, 0.1) is 11.8 Å². The van der Waals surface area contributed by atoms with Gasteiger partial charge in [-0.25, -0.2) is 4.98 Å². The summed E-state index contributed by atoms with van der Waals surface area (Å²) >= 11 is 1.31. The van der Waals surface area contributed by atoms with Gasteiger partial charge in [-0.3, -0.25) is 14.3 Å². The number of benzene rings is 1. The first-order chi connectivity index (χ1) is 16.5. The third kappa shape index (κ3) is 4.83. The Labute approximate surface area is 202 Å². The van der Waals surface area contributed by atoms with Gasteiger partial charge in [0, 0.05) is 12.6 Å². The van der Waals surface area contributed by atoms with Crippen molar-refractivity contribution in [1.82, 2.24) is 14.5 Å². The Morgan fingerprint density at radius 3 is 2.71 bits per heavy atom. The fourth-order valence-electron chi connectivity index (χ4n) is 4.64. The van der Waals surface area contributed by atoms with E-state index in [9.17, 15) is 9.90 Å². The smallest absolute Gasteiger partial charge is 0.275 e. The third-order valence-corrected chi connectivity index (χ3v) is 7.60. The molecule has 1 aliphatic heterocycles. The molecule has 0 unspecified atom stereocenters. The molecule has 1 aromatic carbocycles. The lowest BCUT2D eigenvalue weighted by Gasteiger charge is -2.17. The monoisotopic (exact) mass is 479 g/mol. The molecule has 0 radical (unpaired) electrons. The van der Waals surface area contributed by atoms with Crippen molar-refractivity contribution in [3.8, 4) is 29.0 Å². The normalized spacial score (nSPS) is 17.6. The van der Waals surface area contributed by atoms with E-state index in [2.05, 4.69) is 21.7 Å². The van der Waals surface area contributed by atoms with Crippen LogP contribution in [0.1, 0.15) is 43.4 Å². The Morgan fingerprint density at radius 2 is 1.94 bits per heavy atom. The summed E-state index contributed by atoms with van der Waals surface area (Å²) in [4.78, 5) is 20.8. The van der Waals surface area contributed by atoms with Gasteiger partial charge in [0.15, 0.2) is 11.5 Å². The predicted octanol–water partition coefficient (Wildman–Crippen LogP) is 3.59. The maximum Gasteiger partial charge on any atom is 0.275 e. The van der Waals surface area contributed by atoms with Crippen molar-refractivity contribution in [3.63, 3.8) is 0 Å². The van der Waals surface area contributed by atoms with E-state index in [4.69, 9.17) is 9.47 Å². The maximum atomic E-state index is 13.2. The van der Waals surface area contributed by atoms with Gasteiger partial charge in [-0.1, -0.05) is 11.8 Å². The summed E-state index contributed by atoms with van der Waals surface area (Å²) in [5.74, 6) is 7.30. The van der Waals surface area contributed by atoms with Gasteiger partial charge >= 0.3 is 0 Å². The fraction of sp³-hybridized carbons (Fsp3) is 0.462. The van der Waals surface area contributed by atoms with E-state index < -0.39 is 5.60 Å². The lowest BCUT2D eigenvalue weighted by Crippen LogP contribution is -2.25. The molecule has 3 heterocycles. The van der Waals surface area contributed by atoms with Crippen molar-refractivity contribution in [1.29, 1.82) is 0 Å². The number of thiophene rings is 1. The van der Waals surface area contributed by atoms with Crippen LogP contribution in [-0.4, -0.2) is 58.5 Å². The minimum Gasteiger partial charge on any atom is -0.493 e. The van der Waals surface area contributed by atoms with Crippen molar-refractivity contribution in [2.75, 3.05) is 33.4 Å². The number of hydrogen-bond donors (Lipinski definition) is 1. The highest BCUT2D eigenvalue weighted by atomic mass is 32.1. The number of nitrogens with zero attached hydrogens (tertiary/aromatic N) is 3. The van der Waals surface area contributed by atoms with Crippen LogP contribution in [0.15, 0.2) is 35.4 Å². The molecule has 3 aromatic rings. The van der Waals surface area contributed by atoms with E-state index in [1.54, 1.807) is 13.2 Å². The summed E-state index contributed by atoms with van der Waals surface area (Å²) in [6.45, 7) is 3.76. The van der Waals surface area contributed by atoms with Crippen LogP contribution in [0.2, 0.25) is 0 Å². The molecule has 0 spiro atoms. The summed E-state index contributed by atoms with van der Waals surface area (Å²) < 4.78 is 13.5. The molecule has 1 N–H and O–H groups in total. The number of hydrogen-bond acceptors (Lipinski definition) is 7. The van der Waals surface area contributed by atoms with E-state index in [1.807, 2.05) is 18.2 Å². The zero-order valence-corrected chi connectivity index (χ0v) is 20.2. The number of ether oxygens (including phenoxy) is 2. The highest BCUT2D eigenvalue weighted by Gasteiger charge is 2.28. The van der Waals surface area contributed by atoms with Gasteiger partial charge < -0.3 is 14.6 Å². The van der Waals surface area contributed by atoms with Gasteiger partial charge in [0.2, 0.25) is 0 Å². The quantitative estimate of drug-likeness (QED) is 0.545. The van der Waals surface area contributed by atoms with E-state index in [1.165, 1.54) is 35.1 Å². The van der Waals surface area contributed by atoms with Gasteiger partial charge in [-0.2, -0.15) is 0 Å². The standard InChI is InChI=1S/C26H29N3O4S/c1-32-23-16-19(6-7-22(23)33-15-14-28-12-4-5-13-28)29-18-27-21-17-20(34-24(21)25(29)30)8-11-26(31)9-2-3-10-26/h6-7,16-18,31H,2-5,9-10,12-15H2,1H3. The molecule has 7 nitrogen and oxygen atoms in total. The second kappa shape index (κ2) is 9.79. The Hall–Kier alpha value is -2.86. The molecule has 1 saturated heterocycles. The molecule has 34 heavy (non-hydrogen) atoms. The second-order valence-electron chi connectivity index (χ2n) is 8.97. The molecule has 1 aliphatic carbocycles. The number of aliphatic hydroxyl groups is 1. The molecule has 0 bridgehead atoms.